The molecule has 2 N–H and O–H groups in total. The summed E-state index contributed by atoms with van der Waals surface area (Å²) < 4.78 is 0. The number of nitrogens with two attached hydrogens (primary N) is 1. The fourth-order valence-corrected chi connectivity index (χ4v) is 4.64. The van der Waals surface area contributed by atoms with E-state index in [0.717, 1.165) is 32.4 Å². The summed E-state index contributed by atoms with van der Waals surface area (Å²) in [5.74, 6) is 0.376. The van der Waals surface area contributed by atoms with E-state index in [2.05, 4.69) is 9.80 Å². The van der Waals surface area contributed by atoms with Crippen molar-refractivity contribution in [2.24, 2.45) is 11.1 Å². The Bertz CT molecular complexity index is 363. The minimum Gasteiger partial charge on any atom is -0.341 e. The van der Waals surface area contributed by atoms with Crippen LogP contribution in [0.4, 0.5) is 0 Å². The monoisotopic (exact) mass is 293 g/mol. The third-order valence-corrected chi connectivity index (χ3v) is 6.00. The summed E-state index contributed by atoms with van der Waals surface area (Å²) in [4.78, 5) is 18.0. The average Bonchev–Trinajstić information content (AvgIpc) is 2.73. The van der Waals surface area contributed by atoms with Gasteiger partial charge in [0.2, 0.25) is 5.91 Å². The van der Waals surface area contributed by atoms with Gasteiger partial charge in [-0.1, -0.05) is 25.7 Å². The maximum absolute atomic E-state index is 13.2. The fraction of sp³-hybridized carbons (Fsp3) is 0.941. The molecule has 3 aliphatic rings. The molecular formula is C17H31N3O. The third-order valence-electron chi connectivity index (χ3n) is 6.00. The van der Waals surface area contributed by atoms with Gasteiger partial charge in [-0.3, -0.25) is 9.69 Å². The Kier molecular flexibility index (Phi) is 4.85. The molecule has 0 radical (unpaired) electrons. The lowest BCUT2D eigenvalue weighted by atomic mass is 9.79. The fourth-order valence-electron chi connectivity index (χ4n) is 4.64. The SMILES string of the molecule is NCC1(C(=O)N2CCCN3CCCC3C2)CCCCCC1. The molecule has 0 aromatic rings. The number of fused-ring (bicyclic) bond motifs is 1. The zero-order valence-electron chi connectivity index (χ0n) is 13.4. The van der Waals surface area contributed by atoms with Gasteiger partial charge in [0.1, 0.15) is 0 Å². The first-order chi connectivity index (χ1) is 10.2. The normalized spacial score (nSPS) is 30.5. The second kappa shape index (κ2) is 6.66. The summed E-state index contributed by atoms with van der Waals surface area (Å²) in [5.41, 5.74) is 5.86. The van der Waals surface area contributed by atoms with E-state index < -0.39 is 0 Å². The number of rotatable bonds is 2. The van der Waals surface area contributed by atoms with E-state index in [-0.39, 0.29) is 5.41 Å². The van der Waals surface area contributed by atoms with Gasteiger partial charge < -0.3 is 10.6 Å². The second-order valence-electron chi connectivity index (χ2n) is 7.34. The van der Waals surface area contributed by atoms with E-state index >= 15 is 0 Å². The summed E-state index contributed by atoms with van der Waals surface area (Å²) in [6.07, 6.45) is 10.6. The van der Waals surface area contributed by atoms with Crippen LogP contribution in [0.1, 0.15) is 57.8 Å². The van der Waals surface area contributed by atoms with Gasteiger partial charge >= 0.3 is 0 Å². The molecule has 1 aliphatic carbocycles. The highest BCUT2D eigenvalue weighted by molar-refractivity contribution is 5.83. The Hall–Kier alpha value is -0.610. The zero-order chi connectivity index (χ0) is 14.7. The molecule has 0 spiro atoms. The van der Waals surface area contributed by atoms with Crippen LogP contribution in [0.5, 0.6) is 0 Å². The van der Waals surface area contributed by atoms with Gasteiger partial charge in [-0.05, 0) is 38.6 Å². The Morgan fingerprint density at radius 3 is 2.43 bits per heavy atom. The Labute approximate surface area is 129 Å². The van der Waals surface area contributed by atoms with Crippen LogP contribution in [0.3, 0.4) is 0 Å². The topological polar surface area (TPSA) is 49.6 Å². The minimum atomic E-state index is -0.246. The highest BCUT2D eigenvalue weighted by Gasteiger charge is 2.41. The Morgan fingerprint density at radius 1 is 1.00 bits per heavy atom. The molecule has 1 amide bonds. The molecule has 2 aliphatic heterocycles. The van der Waals surface area contributed by atoms with Gasteiger partial charge in [0.05, 0.1) is 5.41 Å². The molecule has 4 nitrogen and oxygen atoms in total. The maximum atomic E-state index is 13.2. The van der Waals surface area contributed by atoms with Crippen molar-refractivity contribution >= 4 is 5.91 Å². The molecule has 21 heavy (non-hydrogen) atoms. The Morgan fingerprint density at radius 2 is 1.71 bits per heavy atom. The second-order valence-corrected chi connectivity index (χ2v) is 7.34. The summed E-state index contributed by atoms with van der Waals surface area (Å²) in [7, 11) is 0. The van der Waals surface area contributed by atoms with Crippen LogP contribution < -0.4 is 5.73 Å². The van der Waals surface area contributed by atoms with E-state index in [1.54, 1.807) is 0 Å². The first-order valence-electron chi connectivity index (χ1n) is 8.99. The molecule has 0 aromatic carbocycles. The smallest absolute Gasteiger partial charge is 0.230 e. The molecule has 0 bridgehead atoms. The number of carbonyl (C=O) groups excluding carboxylic acids is 1. The zero-order valence-corrected chi connectivity index (χ0v) is 13.4. The van der Waals surface area contributed by atoms with Crippen LogP contribution in [0, 0.1) is 5.41 Å². The standard InChI is InChI=1S/C17H31N3O/c18-14-17(8-3-1-2-4-9-17)16(21)20-12-6-11-19-10-5-7-15(19)13-20/h15H,1-14,18H2. The lowest BCUT2D eigenvalue weighted by Gasteiger charge is -2.36. The van der Waals surface area contributed by atoms with E-state index in [0.29, 0.717) is 18.5 Å². The van der Waals surface area contributed by atoms with E-state index in [4.69, 9.17) is 5.73 Å². The largest absolute Gasteiger partial charge is 0.341 e. The maximum Gasteiger partial charge on any atom is 0.230 e. The van der Waals surface area contributed by atoms with Crippen LogP contribution in [0.2, 0.25) is 0 Å². The predicted molar refractivity (Wildman–Crippen MR) is 85.0 cm³/mol. The van der Waals surface area contributed by atoms with Crippen molar-refractivity contribution in [2.45, 2.75) is 63.8 Å². The van der Waals surface area contributed by atoms with Crippen molar-refractivity contribution in [3.8, 4) is 0 Å². The molecule has 2 saturated heterocycles. The van der Waals surface area contributed by atoms with Crippen molar-refractivity contribution in [1.82, 2.24) is 9.80 Å². The first kappa shape index (κ1) is 15.3. The van der Waals surface area contributed by atoms with Gasteiger partial charge in [0.25, 0.3) is 0 Å². The summed E-state index contributed by atoms with van der Waals surface area (Å²) in [6.45, 7) is 4.82. The quantitative estimate of drug-likeness (QED) is 0.792. The number of carbonyl (C=O) groups is 1. The molecule has 0 aromatic heterocycles. The van der Waals surface area contributed by atoms with Gasteiger partial charge in [0.15, 0.2) is 0 Å². The molecule has 1 unspecified atom stereocenters. The molecule has 1 saturated carbocycles. The van der Waals surface area contributed by atoms with E-state index in [1.165, 1.54) is 51.6 Å². The number of nitrogens with zero attached hydrogens (tertiary/aromatic N) is 2. The minimum absolute atomic E-state index is 0.246. The van der Waals surface area contributed by atoms with Crippen molar-refractivity contribution in [3.05, 3.63) is 0 Å². The highest BCUT2D eigenvalue weighted by atomic mass is 16.2. The molecule has 4 heteroatoms. The van der Waals surface area contributed by atoms with Crippen molar-refractivity contribution in [3.63, 3.8) is 0 Å². The van der Waals surface area contributed by atoms with Gasteiger partial charge in [-0.15, -0.1) is 0 Å². The van der Waals surface area contributed by atoms with Crippen LogP contribution in [0.15, 0.2) is 0 Å². The molecular weight excluding hydrogens is 262 g/mol. The van der Waals surface area contributed by atoms with Gasteiger partial charge in [0, 0.05) is 32.2 Å². The van der Waals surface area contributed by atoms with E-state index in [9.17, 15) is 4.79 Å². The van der Waals surface area contributed by atoms with Gasteiger partial charge in [-0.25, -0.2) is 0 Å². The van der Waals surface area contributed by atoms with Crippen LogP contribution in [-0.2, 0) is 4.79 Å². The molecule has 2 heterocycles. The lowest BCUT2D eigenvalue weighted by molar-refractivity contribution is -0.142. The Balaban J connectivity index is 1.72. The summed E-state index contributed by atoms with van der Waals surface area (Å²) >= 11 is 0. The number of hydrogen-bond acceptors (Lipinski definition) is 3. The predicted octanol–water partition coefficient (Wildman–Crippen LogP) is 1.98. The van der Waals surface area contributed by atoms with Crippen LogP contribution >= 0.6 is 0 Å². The first-order valence-corrected chi connectivity index (χ1v) is 8.99. The summed E-state index contributed by atoms with van der Waals surface area (Å²) in [6, 6.07) is 0.608. The molecule has 120 valence electrons. The van der Waals surface area contributed by atoms with Crippen molar-refractivity contribution in [1.29, 1.82) is 0 Å². The molecule has 3 fully saturated rings. The highest BCUT2D eigenvalue weighted by Crippen LogP contribution is 2.36. The lowest BCUT2D eigenvalue weighted by Crippen LogP contribution is -2.50. The third kappa shape index (κ3) is 3.11. The average molecular weight is 293 g/mol. The van der Waals surface area contributed by atoms with Crippen LogP contribution in [-0.4, -0.2) is 54.5 Å². The van der Waals surface area contributed by atoms with E-state index in [1.807, 2.05) is 0 Å². The van der Waals surface area contributed by atoms with Crippen LogP contribution in [0.25, 0.3) is 0 Å². The van der Waals surface area contributed by atoms with Gasteiger partial charge in [-0.2, -0.15) is 0 Å². The van der Waals surface area contributed by atoms with Crippen molar-refractivity contribution in [2.75, 3.05) is 32.7 Å². The molecule has 1 atom stereocenters. The summed E-state index contributed by atoms with van der Waals surface area (Å²) in [5, 5.41) is 0. The number of amides is 1. The van der Waals surface area contributed by atoms with Crippen molar-refractivity contribution < 1.29 is 4.79 Å². The number of hydrogen-bond donors (Lipinski definition) is 1. The molecule has 3 rings (SSSR count).